The van der Waals surface area contributed by atoms with Gasteiger partial charge in [0.1, 0.15) is 5.82 Å². The number of carbonyl (C=O) groups excluding carboxylic acids is 2. The van der Waals surface area contributed by atoms with Crippen molar-refractivity contribution in [2.45, 2.75) is 38.8 Å². The Labute approximate surface area is 110 Å². The molecule has 1 aliphatic rings. The molecule has 0 unspecified atom stereocenters. The van der Waals surface area contributed by atoms with Crippen molar-refractivity contribution in [3.63, 3.8) is 0 Å². The molecule has 1 aliphatic carbocycles. The lowest BCUT2D eigenvalue weighted by atomic mass is 10.1. The first kappa shape index (κ1) is 13.5. The SMILES string of the molecule is Cc1ccc(C(=O)O[C@@H](C)C(=O)NC2CC2)cc1F. The summed E-state index contributed by atoms with van der Waals surface area (Å²) >= 11 is 0. The van der Waals surface area contributed by atoms with Crippen LogP contribution in [-0.4, -0.2) is 24.0 Å². The number of ether oxygens (including phenoxy) is 1. The molecule has 0 aromatic heterocycles. The first-order valence-corrected chi connectivity index (χ1v) is 6.25. The number of carbonyl (C=O) groups is 2. The van der Waals surface area contributed by atoms with Gasteiger partial charge in [-0.15, -0.1) is 0 Å². The fourth-order valence-electron chi connectivity index (χ4n) is 1.55. The van der Waals surface area contributed by atoms with Crippen molar-refractivity contribution in [1.29, 1.82) is 0 Å². The molecule has 102 valence electrons. The zero-order chi connectivity index (χ0) is 14.0. The number of amides is 1. The zero-order valence-electron chi connectivity index (χ0n) is 10.9. The third-order valence-electron chi connectivity index (χ3n) is 2.98. The molecule has 4 nitrogen and oxygen atoms in total. The van der Waals surface area contributed by atoms with E-state index in [0.717, 1.165) is 18.9 Å². The van der Waals surface area contributed by atoms with Crippen LogP contribution in [-0.2, 0) is 9.53 Å². The molecule has 0 aliphatic heterocycles. The summed E-state index contributed by atoms with van der Waals surface area (Å²) in [6.45, 7) is 3.11. The second kappa shape index (κ2) is 5.38. The van der Waals surface area contributed by atoms with Crippen LogP contribution in [0.2, 0.25) is 0 Å². The molecular weight excluding hydrogens is 249 g/mol. The van der Waals surface area contributed by atoms with Crippen molar-refractivity contribution in [3.8, 4) is 0 Å². The molecule has 1 amide bonds. The lowest BCUT2D eigenvalue weighted by molar-refractivity contribution is -0.129. The van der Waals surface area contributed by atoms with Crippen molar-refractivity contribution in [2.24, 2.45) is 0 Å². The monoisotopic (exact) mass is 265 g/mol. The van der Waals surface area contributed by atoms with E-state index >= 15 is 0 Å². The molecule has 1 atom stereocenters. The van der Waals surface area contributed by atoms with E-state index in [4.69, 9.17) is 4.74 Å². The molecule has 1 aromatic rings. The molecule has 0 radical (unpaired) electrons. The number of rotatable bonds is 4. The molecule has 1 fully saturated rings. The quantitative estimate of drug-likeness (QED) is 0.847. The van der Waals surface area contributed by atoms with Crippen LogP contribution in [0.1, 0.15) is 35.7 Å². The molecule has 1 aromatic carbocycles. The molecule has 19 heavy (non-hydrogen) atoms. The Balaban J connectivity index is 1.95. The maximum Gasteiger partial charge on any atom is 0.339 e. The van der Waals surface area contributed by atoms with E-state index in [1.165, 1.54) is 19.1 Å². The third kappa shape index (κ3) is 3.53. The topological polar surface area (TPSA) is 55.4 Å². The fourth-order valence-corrected chi connectivity index (χ4v) is 1.55. The van der Waals surface area contributed by atoms with Gasteiger partial charge in [-0.3, -0.25) is 4.79 Å². The van der Waals surface area contributed by atoms with Gasteiger partial charge < -0.3 is 10.1 Å². The summed E-state index contributed by atoms with van der Waals surface area (Å²) < 4.78 is 18.3. The summed E-state index contributed by atoms with van der Waals surface area (Å²) in [5.74, 6) is -1.48. The highest BCUT2D eigenvalue weighted by atomic mass is 19.1. The summed E-state index contributed by atoms with van der Waals surface area (Å²) in [5, 5.41) is 2.74. The Morgan fingerprint density at radius 1 is 1.42 bits per heavy atom. The van der Waals surface area contributed by atoms with Crippen molar-refractivity contribution in [3.05, 3.63) is 35.1 Å². The summed E-state index contributed by atoms with van der Waals surface area (Å²) in [5.41, 5.74) is 0.560. The molecule has 2 rings (SSSR count). The Bertz CT molecular complexity index is 511. The van der Waals surface area contributed by atoms with E-state index < -0.39 is 17.9 Å². The summed E-state index contributed by atoms with van der Waals surface area (Å²) in [7, 11) is 0. The van der Waals surface area contributed by atoms with Gasteiger partial charge in [-0.1, -0.05) is 6.07 Å². The fraction of sp³-hybridized carbons (Fsp3) is 0.429. The molecule has 0 heterocycles. The van der Waals surface area contributed by atoms with Crippen LogP contribution in [0.15, 0.2) is 18.2 Å². The molecule has 0 spiro atoms. The maximum absolute atomic E-state index is 13.3. The van der Waals surface area contributed by atoms with Crippen LogP contribution in [0, 0.1) is 12.7 Å². The van der Waals surface area contributed by atoms with E-state index in [9.17, 15) is 14.0 Å². The lowest BCUT2D eigenvalue weighted by Gasteiger charge is -2.13. The van der Waals surface area contributed by atoms with Crippen molar-refractivity contribution in [1.82, 2.24) is 5.32 Å². The number of halogens is 1. The average molecular weight is 265 g/mol. The van der Waals surface area contributed by atoms with Crippen LogP contribution < -0.4 is 5.32 Å². The molecular formula is C14H16FNO3. The Kier molecular flexibility index (Phi) is 3.83. The van der Waals surface area contributed by atoms with E-state index in [-0.39, 0.29) is 17.5 Å². The van der Waals surface area contributed by atoms with Crippen LogP contribution in [0.5, 0.6) is 0 Å². The van der Waals surface area contributed by atoms with Gasteiger partial charge in [-0.2, -0.15) is 0 Å². The second-order valence-electron chi connectivity index (χ2n) is 4.79. The first-order valence-electron chi connectivity index (χ1n) is 6.25. The Hall–Kier alpha value is -1.91. The van der Waals surface area contributed by atoms with Crippen molar-refractivity contribution in [2.75, 3.05) is 0 Å². The minimum absolute atomic E-state index is 0.106. The Morgan fingerprint density at radius 2 is 2.11 bits per heavy atom. The molecule has 0 bridgehead atoms. The largest absolute Gasteiger partial charge is 0.449 e. The van der Waals surface area contributed by atoms with Gasteiger partial charge in [0.05, 0.1) is 5.56 Å². The zero-order valence-corrected chi connectivity index (χ0v) is 10.9. The van der Waals surface area contributed by atoms with E-state index in [2.05, 4.69) is 5.32 Å². The van der Waals surface area contributed by atoms with E-state index in [1.807, 2.05) is 0 Å². The van der Waals surface area contributed by atoms with Gasteiger partial charge in [0.25, 0.3) is 5.91 Å². The van der Waals surface area contributed by atoms with Gasteiger partial charge in [0.15, 0.2) is 6.10 Å². The van der Waals surface area contributed by atoms with Crippen molar-refractivity contribution >= 4 is 11.9 Å². The number of benzene rings is 1. The normalized spacial score (nSPS) is 15.7. The number of hydrogen-bond donors (Lipinski definition) is 1. The van der Waals surface area contributed by atoms with Gasteiger partial charge in [0, 0.05) is 6.04 Å². The predicted octanol–water partition coefficient (Wildman–Crippen LogP) is 1.96. The van der Waals surface area contributed by atoms with E-state index in [0.29, 0.717) is 5.56 Å². The van der Waals surface area contributed by atoms with Crippen LogP contribution in [0.4, 0.5) is 4.39 Å². The minimum Gasteiger partial charge on any atom is -0.449 e. The predicted molar refractivity (Wildman–Crippen MR) is 67.2 cm³/mol. The maximum atomic E-state index is 13.3. The summed E-state index contributed by atoms with van der Waals surface area (Å²) in [6.07, 6.45) is 1.06. The molecule has 1 saturated carbocycles. The third-order valence-corrected chi connectivity index (χ3v) is 2.98. The highest BCUT2D eigenvalue weighted by Gasteiger charge is 2.27. The molecule has 5 heteroatoms. The van der Waals surface area contributed by atoms with Crippen LogP contribution in [0.25, 0.3) is 0 Å². The highest BCUT2D eigenvalue weighted by Crippen LogP contribution is 2.19. The smallest absolute Gasteiger partial charge is 0.339 e. The summed E-state index contributed by atoms with van der Waals surface area (Å²) in [6, 6.07) is 4.31. The van der Waals surface area contributed by atoms with E-state index in [1.54, 1.807) is 6.92 Å². The first-order chi connectivity index (χ1) is 8.97. The average Bonchev–Trinajstić information content (AvgIpc) is 3.16. The van der Waals surface area contributed by atoms with Crippen LogP contribution in [0.3, 0.4) is 0 Å². The minimum atomic E-state index is -0.877. The summed E-state index contributed by atoms with van der Waals surface area (Å²) in [4.78, 5) is 23.4. The highest BCUT2D eigenvalue weighted by molar-refractivity contribution is 5.92. The number of nitrogens with one attached hydrogen (secondary N) is 1. The van der Waals surface area contributed by atoms with Gasteiger partial charge in [-0.25, -0.2) is 9.18 Å². The van der Waals surface area contributed by atoms with Gasteiger partial charge >= 0.3 is 5.97 Å². The van der Waals surface area contributed by atoms with Crippen LogP contribution >= 0.6 is 0 Å². The Morgan fingerprint density at radius 3 is 2.68 bits per heavy atom. The molecule has 1 N–H and O–H groups in total. The number of hydrogen-bond acceptors (Lipinski definition) is 3. The van der Waals surface area contributed by atoms with Gasteiger partial charge in [0.2, 0.25) is 0 Å². The number of aryl methyl sites for hydroxylation is 1. The standard InChI is InChI=1S/C14H16FNO3/c1-8-3-4-10(7-12(8)15)14(18)19-9(2)13(17)16-11-5-6-11/h3-4,7,9,11H,5-6H2,1-2H3,(H,16,17)/t9-/m0/s1. The van der Waals surface area contributed by atoms with Crippen molar-refractivity contribution < 1.29 is 18.7 Å². The number of esters is 1. The molecule has 0 saturated heterocycles. The van der Waals surface area contributed by atoms with Gasteiger partial charge in [-0.05, 0) is 44.4 Å². The lowest BCUT2D eigenvalue weighted by Crippen LogP contribution is -2.37. The second-order valence-corrected chi connectivity index (χ2v) is 4.79.